The molecule has 22 heavy (non-hydrogen) atoms. The van der Waals surface area contributed by atoms with Crippen LogP contribution in [0.25, 0.3) is 0 Å². The molecule has 114 valence electrons. The number of pyridine rings is 2. The Labute approximate surface area is 135 Å². The zero-order valence-electron chi connectivity index (χ0n) is 10.8. The largest absolute Gasteiger partial charge is 0.478 e. The highest BCUT2D eigenvalue weighted by molar-refractivity contribution is 7.75. The van der Waals surface area contributed by atoms with Crippen molar-refractivity contribution in [1.29, 1.82) is 0 Å². The molecule has 0 aliphatic carbocycles. The molecule has 0 unspecified atom stereocenters. The second-order valence-electron chi connectivity index (χ2n) is 3.91. The van der Waals surface area contributed by atoms with Crippen molar-refractivity contribution in [2.24, 2.45) is 0 Å². The lowest BCUT2D eigenvalue weighted by Crippen LogP contribution is -2.13. The lowest BCUT2D eigenvalue weighted by atomic mass is 10.2. The Morgan fingerprint density at radius 3 is 2.18 bits per heavy atom. The molecule has 0 saturated carbocycles. The molecule has 1 amide bonds. The van der Waals surface area contributed by atoms with E-state index in [1.807, 2.05) is 0 Å². The van der Waals surface area contributed by atoms with Crippen LogP contribution in [-0.2, 0) is 0 Å². The van der Waals surface area contributed by atoms with Crippen LogP contribution in [0.3, 0.4) is 0 Å². The SMILES string of the molecule is O=C(O)c1ccc(NC(=O)c2cc(OS)nc(OS)c2)nc1. The van der Waals surface area contributed by atoms with Crippen molar-refractivity contribution < 1.29 is 23.1 Å². The van der Waals surface area contributed by atoms with E-state index in [9.17, 15) is 9.59 Å². The van der Waals surface area contributed by atoms with Crippen LogP contribution in [0, 0.1) is 0 Å². The summed E-state index contributed by atoms with van der Waals surface area (Å²) in [5.41, 5.74) is 0.186. The molecule has 2 N–H and O–H groups in total. The normalized spacial score (nSPS) is 9.91. The van der Waals surface area contributed by atoms with Crippen molar-refractivity contribution in [3.63, 3.8) is 0 Å². The standard InChI is InChI=1S/C12H9N3O5S2/c16-11(7-3-9(19-21)15-10(4-7)20-22)14-8-2-1-6(5-13-8)12(17)18/h1-5,21-22H,(H,17,18)(H,13,14,16). The molecule has 8 nitrogen and oxygen atoms in total. The summed E-state index contributed by atoms with van der Waals surface area (Å²) in [6, 6.07) is 5.37. The minimum absolute atomic E-state index is 0.0124. The third-order valence-electron chi connectivity index (χ3n) is 2.48. The summed E-state index contributed by atoms with van der Waals surface area (Å²) in [5.74, 6) is -1.33. The first-order valence-electron chi connectivity index (χ1n) is 5.69. The number of carboxylic acids is 1. The number of carboxylic acid groups (broad SMARTS) is 1. The van der Waals surface area contributed by atoms with E-state index >= 15 is 0 Å². The molecule has 0 radical (unpaired) electrons. The molecule has 0 fully saturated rings. The van der Waals surface area contributed by atoms with Crippen molar-refractivity contribution in [3.05, 3.63) is 41.6 Å². The zero-order valence-corrected chi connectivity index (χ0v) is 12.5. The highest BCUT2D eigenvalue weighted by Gasteiger charge is 2.12. The number of carbonyl (C=O) groups is 2. The van der Waals surface area contributed by atoms with Crippen molar-refractivity contribution in [3.8, 4) is 11.8 Å². The van der Waals surface area contributed by atoms with E-state index in [-0.39, 0.29) is 28.7 Å². The zero-order chi connectivity index (χ0) is 16.1. The van der Waals surface area contributed by atoms with Crippen molar-refractivity contribution in [2.45, 2.75) is 0 Å². The Morgan fingerprint density at radius 1 is 1.09 bits per heavy atom. The Kier molecular flexibility index (Phi) is 5.07. The van der Waals surface area contributed by atoms with Gasteiger partial charge in [-0.15, -0.1) is 0 Å². The first-order chi connectivity index (χ1) is 10.5. The maximum Gasteiger partial charge on any atom is 0.337 e. The smallest absolute Gasteiger partial charge is 0.337 e. The molecule has 0 spiro atoms. The molecule has 2 aromatic heterocycles. The summed E-state index contributed by atoms with van der Waals surface area (Å²) in [4.78, 5) is 30.5. The number of amides is 1. The summed E-state index contributed by atoms with van der Waals surface area (Å²) in [7, 11) is 0. The van der Waals surface area contributed by atoms with Crippen LogP contribution in [0.4, 0.5) is 5.82 Å². The highest BCUT2D eigenvalue weighted by atomic mass is 32.1. The average molecular weight is 339 g/mol. The molecular weight excluding hydrogens is 330 g/mol. The van der Waals surface area contributed by atoms with Crippen LogP contribution in [0.1, 0.15) is 20.7 Å². The Balaban J connectivity index is 2.19. The quantitative estimate of drug-likeness (QED) is 0.486. The second kappa shape index (κ2) is 7.00. The van der Waals surface area contributed by atoms with Crippen LogP contribution >= 0.6 is 25.8 Å². The van der Waals surface area contributed by atoms with Gasteiger partial charge in [-0.2, -0.15) is 4.98 Å². The second-order valence-corrected chi connectivity index (χ2v) is 4.27. The maximum atomic E-state index is 12.1. The molecule has 2 rings (SSSR count). The van der Waals surface area contributed by atoms with Crippen LogP contribution in [-0.4, -0.2) is 27.0 Å². The fourth-order valence-corrected chi connectivity index (χ4v) is 1.68. The molecule has 0 saturated heterocycles. The number of thiol groups is 2. The van der Waals surface area contributed by atoms with Gasteiger partial charge in [0.25, 0.3) is 5.91 Å². The first-order valence-corrected chi connectivity index (χ1v) is 6.42. The third kappa shape index (κ3) is 3.80. The van der Waals surface area contributed by atoms with Gasteiger partial charge >= 0.3 is 5.97 Å². The van der Waals surface area contributed by atoms with E-state index in [0.29, 0.717) is 0 Å². The van der Waals surface area contributed by atoms with E-state index in [2.05, 4.69) is 49.5 Å². The number of aromatic carboxylic acids is 1. The minimum atomic E-state index is -1.11. The lowest BCUT2D eigenvalue weighted by molar-refractivity contribution is 0.0696. The average Bonchev–Trinajstić information content (AvgIpc) is 2.54. The number of aromatic nitrogens is 2. The van der Waals surface area contributed by atoms with Gasteiger partial charge in [0.15, 0.2) is 0 Å². The molecule has 2 aromatic rings. The summed E-state index contributed by atoms with van der Waals surface area (Å²) in [6.45, 7) is 0. The Morgan fingerprint density at radius 2 is 1.73 bits per heavy atom. The number of carbonyl (C=O) groups excluding carboxylic acids is 1. The fraction of sp³-hybridized carbons (Fsp3) is 0. The van der Waals surface area contributed by atoms with Gasteiger partial charge in [-0.1, -0.05) is 0 Å². The van der Waals surface area contributed by atoms with Crippen molar-refractivity contribution in [1.82, 2.24) is 9.97 Å². The van der Waals surface area contributed by atoms with E-state index < -0.39 is 11.9 Å². The number of rotatable bonds is 5. The van der Waals surface area contributed by atoms with Crippen LogP contribution < -0.4 is 13.7 Å². The van der Waals surface area contributed by atoms with Crippen molar-refractivity contribution >= 4 is 43.5 Å². The van der Waals surface area contributed by atoms with Crippen LogP contribution in [0.15, 0.2) is 30.5 Å². The van der Waals surface area contributed by atoms with E-state index in [0.717, 1.165) is 6.20 Å². The summed E-state index contributed by atoms with van der Waals surface area (Å²) < 4.78 is 9.30. The summed E-state index contributed by atoms with van der Waals surface area (Å²) >= 11 is 7.20. The Bertz CT molecular complexity index is 686. The van der Waals surface area contributed by atoms with Gasteiger partial charge in [0, 0.05) is 44.1 Å². The summed E-state index contributed by atoms with van der Waals surface area (Å²) in [6.07, 6.45) is 1.13. The Hall–Kier alpha value is -2.46. The predicted octanol–water partition coefficient (Wildman–Crippen LogP) is 1.87. The minimum Gasteiger partial charge on any atom is -0.478 e. The molecule has 0 aliphatic rings. The van der Waals surface area contributed by atoms with E-state index in [1.54, 1.807) is 0 Å². The number of nitrogens with zero attached hydrogens (tertiary/aromatic N) is 2. The monoisotopic (exact) mass is 339 g/mol. The molecule has 10 heteroatoms. The maximum absolute atomic E-state index is 12.1. The fourth-order valence-electron chi connectivity index (χ4n) is 1.49. The number of anilines is 1. The van der Waals surface area contributed by atoms with Gasteiger partial charge in [0.1, 0.15) is 5.82 Å². The molecule has 2 heterocycles. The van der Waals surface area contributed by atoms with Crippen LogP contribution in [0.2, 0.25) is 0 Å². The number of hydrogen-bond donors (Lipinski definition) is 4. The van der Waals surface area contributed by atoms with Gasteiger partial charge in [-0.25, -0.2) is 9.78 Å². The van der Waals surface area contributed by atoms with Crippen LogP contribution in [0.5, 0.6) is 11.8 Å². The summed E-state index contributed by atoms with van der Waals surface area (Å²) in [5, 5.41) is 11.3. The topological polar surface area (TPSA) is 111 Å². The molecule has 0 aliphatic heterocycles. The van der Waals surface area contributed by atoms with Gasteiger partial charge < -0.3 is 18.8 Å². The predicted molar refractivity (Wildman–Crippen MR) is 82.6 cm³/mol. The van der Waals surface area contributed by atoms with E-state index in [1.165, 1.54) is 24.3 Å². The van der Waals surface area contributed by atoms with E-state index in [4.69, 9.17) is 5.11 Å². The molecular formula is C12H9N3O5S2. The van der Waals surface area contributed by atoms with Gasteiger partial charge in [0.2, 0.25) is 11.8 Å². The first kappa shape index (κ1) is 15.9. The molecule has 0 bridgehead atoms. The molecule has 0 atom stereocenters. The lowest BCUT2D eigenvalue weighted by Gasteiger charge is -2.07. The number of hydrogen-bond acceptors (Lipinski definition) is 8. The van der Waals surface area contributed by atoms with Gasteiger partial charge in [0.05, 0.1) is 11.1 Å². The number of nitrogens with one attached hydrogen (secondary N) is 1. The third-order valence-corrected chi connectivity index (χ3v) is 2.85. The highest BCUT2D eigenvalue weighted by Crippen LogP contribution is 2.20. The van der Waals surface area contributed by atoms with Gasteiger partial charge in [-0.05, 0) is 12.1 Å². The van der Waals surface area contributed by atoms with Crippen molar-refractivity contribution in [2.75, 3.05) is 5.32 Å². The van der Waals surface area contributed by atoms with Gasteiger partial charge in [-0.3, -0.25) is 4.79 Å². The molecule has 0 aromatic carbocycles.